The molecule has 1 N–H and O–H groups in total. The van der Waals surface area contributed by atoms with Crippen LogP contribution in [0.15, 0.2) is 30.5 Å². The number of amides is 1. The van der Waals surface area contributed by atoms with E-state index in [0.29, 0.717) is 11.5 Å². The number of carbonyl (C=O) groups is 1. The lowest BCUT2D eigenvalue weighted by molar-refractivity contribution is 0.102. The first kappa shape index (κ1) is 16.5. The molecule has 138 valence electrons. The summed E-state index contributed by atoms with van der Waals surface area (Å²) in [5.74, 6) is 0.405. The summed E-state index contributed by atoms with van der Waals surface area (Å²) in [4.78, 5) is 18.0. The second kappa shape index (κ2) is 6.19. The summed E-state index contributed by atoms with van der Waals surface area (Å²) in [6.45, 7) is 4.17. The van der Waals surface area contributed by atoms with Crippen molar-refractivity contribution in [2.75, 3.05) is 5.32 Å². The van der Waals surface area contributed by atoms with E-state index < -0.39 is 0 Å². The van der Waals surface area contributed by atoms with Crippen molar-refractivity contribution in [1.29, 1.82) is 0 Å². The van der Waals surface area contributed by atoms with Crippen molar-refractivity contribution in [1.82, 2.24) is 14.8 Å². The van der Waals surface area contributed by atoms with Crippen LogP contribution >= 0.6 is 0 Å². The molecule has 0 saturated heterocycles. The molecule has 1 amide bonds. The molecule has 1 fully saturated rings. The SMILES string of the molecule is CC(C)n1ncc2c(C(=O)Nc3ccc4c(c3)CCC4)cc(C3CC3)nc21. The highest BCUT2D eigenvalue weighted by Gasteiger charge is 2.28. The van der Waals surface area contributed by atoms with Crippen LogP contribution in [0.1, 0.15) is 72.2 Å². The highest BCUT2D eigenvalue weighted by molar-refractivity contribution is 6.12. The monoisotopic (exact) mass is 360 g/mol. The quantitative estimate of drug-likeness (QED) is 0.738. The lowest BCUT2D eigenvalue weighted by atomic mass is 10.1. The van der Waals surface area contributed by atoms with Gasteiger partial charge in [-0.15, -0.1) is 0 Å². The van der Waals surface area contributed by atoms with Gasteiger partial charge < -0.3 is 5.32 Å². The number of rotatable bonds is 4. The van der Waals surface area contributed by atoms with Crippen LogP contribution in [0.4, 0.5) is 5.69 Å². The Morgan fingerprint density at radius 2 is 2.00 bits per heavy atom. The Morgan fingerprint density at radius 3 is 2.78 bits per heavy atom. The Hall–Kier alpha value is -2.69. The first-order valence-electron chi connectivity index (χ1n) is 9.91. The predicted molar refractivity (Wildman–Crippen MR) is 106 cm³/mol. The van der Waals surface area contributed by atoms with Gasteiger partial charge >= 0.3 is 0 Å². The second-order valence-corrected chi connectivity index (χ2v) is 8.08. The number of aromatic nitrogens is 3. The molecule has 3 aromatic rings. The Labute approximate surface area is 158 Å². The van der Waals surface area contributed by atoms with Crippen LogP contribution < -0.4 is 5.32 Å². The Morgan fingerprint density at radius 1 is 1.19 bits per heavy atom. The molecule has 2 aromatic heterocycles. The van der Waals surface area contributed by atoms with Crippen molar-refractivity contribution in [3.63, 3.8) is 0 Å². The number of carbonyl (C=O) groups excluding carboxylic acids is 1. The molecule has 27 heavy (non-hydrogen) atoms. The van der Waals surface area contributed by atoms with E-state index in [9.17, 15) is 4.79 Å². The molecule has 0 unspecified atom stereocenters. The van der Waals surface area contributed by atoms with Crippen molar-refractivity contribution < 1.29 is 4.79 Å². The van der Waals surface area contributed by atoms with E-state index in [4.69, 9.17) is 4.98 Å². The van der Waals surface area contributed by atoms with Crippen LogP contribution in [0, 0.1) is 0 Å². The molecule has 2 aliphatic carbocycles. The number of benzene rings is 1. The van der Waals surface area contributed by atoms with Crippen LogP contribution in [0.5, 0.6) is 0 Å². The normalized spacial score (nSPS) is 16.1. The molecule has 0 spiro atoms. The number of pyridine rings is 1. The van der Waals surface area contributed by atoms with Crippen LogP contribution in [-0.2, 0) is 12.8 Å². The first-order chi connectivity index (χ1) is 13.1. The smallest absolute Gasteiger partial charge is 0.256 e. The fourth-order valence-electron chi connectivity index (χ4n) is 4.04. The summed E-state index contributed by atoms with van der Waals surface area (Å²) in [5, 5.41) is 8.41. The van der Waals surface area contributed by atoms with Crippen molar-refractivity contribution in [3.05, 3.63) is 52.8 Å². The molecule has 2 heterocycles. The Kier molecular flexibility index (Phi) is 3.78. The summed E-state index contributed by atoms with van der Waals surface area (Å²) >= 11 is 0. The van der Waals surface area contributed by atoms with E-state index in [1.165, 1.54) is 17.5 Å². The molecule has 0 aliphatic heterocycles. The van der Waals surface area contributed by atoms with Gasteiger partial charge in [0.15, 0.2) is 5.65 Å². The van der Waals surface area contributed by atoms with Gasteiger partial charge in [-0.3, -0.25) is 4.79 Å². The topological polar surface area (TPSA) is 59.8 Å². The molecule has 2 aliphatic rings. The fraction of sp³-hybridized carbons (Fsp3) is 0.409. The van der Waals surface area contributed by atoms with E-state index in [-0.39, 0.29) is 11.9 Å². The zero-order chi connectivity index (χ0) is 18.5. The largest absolute Gasteiger partial charge is 0.322 e. The highest BCUT2D eigenvalue weighted by atomic mass is 16.1. The van der Waals surface area contributed by atoms with Gasteiger partial charge in [0.25, 0.3) is 5.91 Å². The van der Waals surface area contributed by atoms with E-state index in [0.717, 1.165) is 48.1 Å². The average Bonchev–Trinajstić information content (AvgIpc) is 3.24. The molecule has 0 radical (unpaired) electrons. The minimum absolute atomic E-state index is 0.0782. The van der Waals surface area contributed by atoms with Crippen molar-refractivity contribution >= 4 is 22.6 Å². The van der Waals surface area contributed by atoms with Gasteiger partial charge in [0.05, 0.1) is 17.1 Å². The number of aryl methyl sites for hydroxylation is 2. The van der Waals surface area contributed by atoms with E-state index >= 15 is 0 Å². The molecular weight excluding hydrogens is 336 g/mol. The van der Waals surface area contributed by atoms with E-state index in [1.54, 1.807) is 6.20 Å². The number of hydrogen-bond acceptors (Lipinski definition) is 3. The molecule has 1 aromatic carbocycles. The predicted octanol–water partition coefficient (Wildman–Crippen LogP) is 4.63. The fourth-order valence-corrected chi connectivity index (χ4v) is 4.04. The second-order valence-electron chi connectivity index (χ2n) is 8.08. The number of hydrogen-bond donors (Lipinski definition) is 1. The summed E-state index contributed by atoms with van der Waals surface area (Å²) in [7, 11) is 0. The van der Waals surface area contributed by atoms with Crippen molar-refractivity contribution in [3.8, 4) is 0 Å². The lowest BCUT2D eigenvalue weighted by Gasteiger charge is -2.11. The molecule has 5 rings (SSSR count). The average molecular weight is 360 g/mol. The van der Waals surface area contributed by atoms with Crippen LogP contribution in [0.25, 0.3) is 11.0 Å². The molecule has 0 bridgehead atoms. The number of fused-ring (bicyclic) bond motifs is 2. The summed E-state index contributed by atoms with van der Waals surface area (Å²) < 4.78 is 1.91. The van der Waals surface area contributed by atoms with Gasteiger partial charge in [-0.25, -0.2) is 9.67 Å². The molecule has 1 saturated carbocycles. The maximum atomic E-state index is 13.1. The molecule has 5 nitrogen and oxygen atoms in total. The van der Waals surface area contributed by atoms with Crippen molar-refractivity contribution in [2.24, 2.45) is 0 Å². The Bertz CT molecular complexity index is 1050. The first-order valence-corrected chi connectivity index (χ1v) is 9.91. The molecule has 0 atom stereocenters. The maximum absolute atomic E-state index is 13.1. The zero-order valence-electron chi connectivity index (χ0n) is 15.8. The van der Waals surface area contributed by atoms with Crippen LogP contribution in [-0.4, -0.2) is 20.7 Å². The van der Waals surface area contributed by atoms with Gasteiger partial charge in [0, 0.05) is 23.3 Å². The minimum atomic E-state index is -0.0782. The molecule has 5 heteroatoms. The Balaban J connectivity index is 1.54. The summed E-state index contributed by atoms with van der Waals surface area (Å²) in [6, 6.07) is 8.45. The third kappa shape index (κ3) is 2.91. The third-order valence-electron chi connectivity index (χ3n) is 5.67. The standard InChI is InChI=1S/C22H24N4O/c1-13(2)26-21-19(12-23-26)18(11-20(25-21)15-6-7-15)22(27)24-17-9-8-14-4-3-5-16(14)10-17/h8-13,15H,3-7H2,1-2H3,(H,24,27). The van der Waals surface area contributed by atoms with E-state index in [1.807, 2.05) is 16.8 Å². The van der Waals surface area contributed by atoms with Gasteiger partial charge in [-0.1, -0.05) is 6.07 Å². The zero-order valence-corrected chi connectivity index (χ0v) is 15.8. The number of nitrogens with one attached hydrogen (secondary N) is 1. The van der Waals surface area contributed by atoms with Crippen LogP contribution in [0.2, 0.25) is 0 Å². The van der Waals surface area contributed by atoms with Gasteiger partial charge in [-0.2, -0.15) is 5.10 Å². The minimum Gasteiger partial charge on any atom is -0.322 e. The van der Waals surface area contributed by atoms with Gasteiger partial charge in [-0.05, 0) is 75.3 Å². The number of anilines is 1. The van der Waals surface area contributed by atoms with Gasteiger partial charge in [0.1, 0.15) is 0 Å². The third-order valence-corrected chi connectivity index (χ3v) is 5.67. The van der Waals surface area contributed by atoms with Gasteiger partial charge in [0.2, 0.25) is 0 Å². The number of nitrogens with zero attached hydrogens (tertiary/aromatic N) is 3. The summed E-state index contributed by atoms with van der Waals surface area (Å²) in [5.41, 5.74) is 6.15. The highest BCUT2D eigenvalue weighted by Crippen LogP contribution is 2.40. The summed E-state index contributed by atoms with van der Waals surface area (Å²) in [6.07, 6.45) is 7.53. The maximum Gasteiger partial charge on any atom is 0.256 e. The van der Waals surface area contributed by atoms with Crippen LogP contribution in [0.3, 0.4) is 0 Å². The van der Waals surface area contributed by atoms with Crippen molar-refractivity contribution in [2.45, 2.75) is 57.9 Å². The lowest BCUT2D eigenvalue weighted by Crippen LogP contribution is -2.14. The molecular formula is C22H24N4O. The van der Waals surface area contributed by atoms with E-state index in [2.05, 4.69) is 36.4 Å².